The molecule has 2 aromatic rings. The van der Waals surface area contributed by atoms with Crippen molar-refractivity contribution in [2.45, 2.75) is 24.0 Å². The number of halogens is 1. The van der Waals surface area contributed by atoms with E-state index in [1.165, 1.54) is 11.8 Å². The summed E-state index contributed by atoms with van der Waals surface area (Å²) in [6.07, 6.45) is 0. The van der Waals surface area contributed by atoms with Gasteiger partial charge in [0.1, 0.15) is 0 Å². The van der Waals surface area contributed by atoms with Crippen molar-refractivity contribution in [2.75, 3.05) is 10.2 Å². The highest BCUT2D eigenvalue weighted by molar-refractivity contribution is 9.10. The van der Waals surface area contributed by atoms with Crippen LogP contribution in [0.3, 0.4) is 0 Å². The molecule has 0 aromatic heterocycles. The molecular weight excluding hydrogens is 388 g/mol. The molecule has 2 unspecified atom stereocenters. The Hall–Kier alpha value is -1.79. The van der Waals surface area contributed by atoms with Gasteiger partial charge in [0.2, 0.25) is 10.8 Å². The van der Waals surface area contributed by atoms with Crippen LogP contribution >= 0.6 is 27.7 Å². The molecule has 2 aliphatic heterocycles. The van der Waals surface area contributed by atoms with Crippen molar-refractivity contribution in [3.8, 4) is 0 Å². The van der Waals surface area contributed by atoms with Gasteiger partial charge in [-0.15, -0.1) is 11.8 Å². The number of nitrogens with zero attached hydrogens (tertiary/aromatic N) is 1. The van der Waals surface area contributed by atoms with Crippen molar-refractivity contribution in [1.82, 2.24) is 0 Å². The summed E-state index contributed by atoms with van der Waals surface area (Å²) in [5, 5.41) is 2.64. The average Bonchev–Trinajstić information content (AvgIpc) is 2.98. The Morgan fingerprint density at radius 2 is 1.96 bits per heavy atom. The lowest BCUT2D eigenvalue weighted by Gasteiger charge is -2.32. The number of rotatable bonds is 1. The molecule has 1 spiro atoms. The zero-order valence-corrected chi connectivity index (χ0v) is 15.6. The first-order chi connectivity index (χ1) is 11.4. The second-order valence-corrected chi connectivity index (χ2v) is 8.40. The van der Waals surface area contributed by atoms with Crippen LogP contribution in [0.25, 0.3) is 0 Å². The fourth-order valence-corrected chi connectivity index (χ4v) is 5.13. The Labute approximate surface area is 152 Å². The highest BCUT2D eigenvalue weighted by Crippen LogP contribution is 2.56. The molecule has 4 rings (SSSR count). The summed E-state index contributed by atoms with van der Waals surface area (Å²) >= 11 is 4.92. The Morgan fingerprint density at radius 3 is 2.71 bits per heavy atom. The van der Waals surface area contributed by atoms with E-state index in [0.717, 1.165) is 27.0 Å². The van der Waals surface area contributed by atoms with Gasteiger partial charge in [-0.2, -0.15) is 0 Å². The summed E-state index contributed by atoms with van der Waals surface area (Å²) in [4.78, 5) is 26.5. The Bertz CT molecular complexity index is 885. The maximum Gasteiger partial charge on any atom is 0.266 e. The molecule has 0 aliphatic carbocycles. The summed E-state index contributed by atoms with van der Waals surface area (Å²) < 4.78 is 0.916. The molecule has 2 aromatic carbocycles. The minimum absolute atomic E-state index is 0.0531. The van der Waals surface area contributed by atoms with E-state index in [1.54, 1.807) is 4.90 Å². The van der Waals surface area contributed by atoms with Gasteiger partial charge in [0.25, 0.3) is 5.91 Å². The number of carbonyl (C=O) groups excluding carboxylic acids is 2. The van der Waals surface area contributed by atoms with Gasteiger partial charge in [-0.3, -0.25) is 14.5 Å². The zero-order valence-electron chi connectivity index (χ0n) is 13.2. The molecule has 24 heavy (non-hydrogen) atoms. The quantitative estimate of drug-likeness (QED) is 0.782. The van der Waals surface area contributed by atoms with Crippen LogP contribution in [0, 0.1) is 6.92 Å². The number of benzene rings is 2. The van der Waals surface area contributed by atoms with E-state index in [4.69, 9.17) is 0 Å². The lowest BCUT2D eigenvalue weighted by atomic mass is 10.0. The van der Waals surface area contributed by atoms with Gasteiger partial charge in [0.05, 0.1) is 5.25 Å². The lowest BCUT2D eigenvalue weighted by Crippen LogP contribution is -2.47. The average molecular weight is 403 g/mol. The summed E-state index contributed by atoms with van der Waals surface area (Å²) in [5.74, 6) is -0.217. The number of anilines is 2. The van der Waals surface area contributed by atoms with E-state index < -0.39 is 4.87 Å². The third-order valence-corrected chi connectivity index (χ3v) is 6.83. The first kappa shape index (κ1) is 15.7. The third-order valence-electron chi connectivity index (χ3n) is 4.49. The van der Waals surface area contributed by atoms with Crippen molar-refractivity contribution >= 4 is 50.9 Å². The molecule has 1 N–H and O–H groups in total. The fourth-order valence-electron chi connectivity index (χ4n) is 3.28. The maximum absolute atomic E-state index is 12.9. The Kier molecular flexibility index (Phi) is 3.51. The number of thioether (sulfide) groups is 1. The van der Waals surface area contributed by atoms with Crippen molar-refractivity contribution in [3.63, 3.8) is 0 Å². The van der Waals surface area contributed by atoms with Gasteiger partial charge in [0.15, 0.2) is 0 Å². The van der Waals surface area contributed by atoms with Gasteiger partial charge in [0, 0.05) is 21.4 Å². The topological polar surface area (TPSA) is 49.4 Å². The van der Waals surface area contributed by atoms with Crippen molar-refractivity contribution < 1.29 is 9.59 Å². The van der Waals surface area contributed by atoms with E-state index in [9.17, 15) is 9.59 Å². The van der Waals surface area contributed by atoms with Gasteiger partial charge >= 0.3 is 0 Å². The molecule has 4 nitrogen and oxygen atoms in total. The number of nitrogens with one attached hydrogen (secondary N) is 1. The molecular formula is C18H15BrN2O2S. The van der Waals surface area contributed by atoms with Crippen LogP contribution in [0.15, 0.2) is 46.9 Å². The number of fused-ring (bicyclic) bond motifs is 2. The summed E-state index contributed by atoms with van der Waals surface area (Å²) in [6.45, 7) is 3.84. The van der Waals surface area contributed by atoms with Crippen molar-refractivity contribution in [2.24, 2.45) is 0 Å². The number of para-hydroxylation sites is 1. The van der Waals surface area contributed by atoms with E-state index in [2.05, 4.69) is 21.2 Å². The number of hydrogen-bond donors (Lipinski definition) is 1. The first-order valence-corrected chi connectivity index (χ1v) is 9.31. The fraction of sp³-hybridized carbons (Fsp3) is 0.222. The van der Waals surface area contributed by atoms with Gasteiger partial charge in [-0.25, -0.2) is 0 Å². The first-order valence-electron chi connectivity index (χ1n) is 7.64. The van der Waals surface area contributed by atoms with Gasteiger partial charge < -0.3 is 5.32 Å². The predicted molar refractivity (Wildman–Crippen MR) is 100 cm³/mol. The van der Waals surface area contributed by atoms with Crippen LogP contribution in [-0.2, 0) is 14.5 Å². The lowest BCUT2D eigenvalue weighted by molar-refractivity contribution is -0.122. The van der Waals surface area contributed by atoms with E-state index >= 15 is 0 Å². The molecule has 6 heteroatoms. The Balaban J connectivity index is 1.95. The SMILES string of the molecule is Cc1ccc(N2C(=O)C(C)SC23C(=O)Nc2ccccc23)cc1Br. The summed E-state index contributed by atoms with van der Waals surface area (Å²) in [5.41, 5.74) is 3.42. The van der Waals surface area contributed by atoms with E-state index in [0.29, 0.717) is 0 Å². The number of aryl methyl sites for hydroxylation is 1. The van der Waals surface area contributed by atoms with E-state index in [1.807, 2.05) is 56.3 Å². The van der Waals surface area contributed by atoms with Crippen LogP contribution in [-0.4, -0.2) is 17.1 Å². The molecule has 0 saturated carbocycles. The minimum atomic E-state index is -1.04. The highest BCUT2D eigenvalue weighted by Gasteiger charge is 2.60. The largest absolute Gasteiger partial charge is 0.323 e. The molecule has 0 bridgehead atoms. The molecule has 1 fully saturated rings. The maximum atomic E-state index is 12.9. The normalized spacial score (nSPS) is 25.3. The molecule has 0 radical (unpaired) electrons. The van der Waals surface area contributed by atoms with Crippen LogP contribution in [0.4, 0.5) is 11.4 Å². The predicted octanol–water partition coefficient (Wildman–Crippen LogP) is 4.03. The second kappa shape index (κ2) is 5.36. The van der Waals surface area contributed by atoms with Gasteiger partial charge in [-0.1, -0.05) is 40.2 Å². The number of amides is 2. The van der Waals surface area contributed by atoms with E-state index in [-0.39, 0.29) is 17.1 Å². The van der Waals surface area contributed by atoms with Crippen molar-refractivity contribution in [1.29, 1.82) is 0 Å². The number of hydrogen-bond acceptors (Lipinski definition) is 3. The zero-order chi connectivity index (χ0) is 17.1. The van der Waals surface area contributed by atoms with Gasteiger partial charge in [-0.05, 0) is 37.6 Å². The molecule has 2 heterocycles. The van der Waals surface area contributed by atoms with Crippen molar-refractivity contribution in [3.05, 3.63) is 58.1 Å². The smallest absolute Gasteiger partial charge is 0.266 e. The van der Waals surface area contributed by atoms with Crippen LogP contribution in [0.1, 0.15) is 18.1 Å². The third kappa shape index (κ3) is 1.99. The summed E-state index contributed by atoms with van der Waals surface area (Å²) in [7, 11) is 0. The molecule has 1 saturated heterocycles. The standard InChI is InChI=1S/C18H15BrN2O2S/c1-10-7-8-12(9-14(10)19)21-16(22)11(2)24-18(21)13-5-3-4-6-15(13)20-17(18)23/h3-9,11H,1-2H3,(H,20,23). The molecule has 2 aliphatic rings. The monoisotopic (exact) mass is 402 g/mol. The summed E-state index contributed by atoms with van der Waals surface area (Å²) in [6, 6.07) is 13.3. The van der Waals surface area contributed by atoms with Crippen LogP contribution in [0.5, 0.6) is 0 Å². The van der Waals surface area contributed by atoms with Crippen LogP contribution < -0.4 is 10.2 Å². The van der Waals surface area contributed by atoms with Crippen LogP contribution in [0.2, 0.25) is 0 Å². The second-order valence-electron chi connectivity index (χ2n) is 6.01. The number of carbonyl (C=O) groups is 2. The highest BCUT2D eigenvalue weighted by atomic mass is 79.9. The minimum Gasteiger partial charge on any atom is -0.323 e. The molecule has 122 valence electrons. The molecule has 2 amide bonds. The molecule has 2 atom stereocenters. The Morgan fingerprint density at radius 1 is 1.21 bits per heavy atom.